The number of amides is 1. The van der Waals surface area contributed by atoms with Gasteiger partial charge in [0, 0.05) is 47.0 Å². The van der Waals surface area contributed by atoms with E-state index in [2.05, 4.69) is 35.6 Å². The highest BCUT2D eigenvalue weighted by atomic mass is 19.1. The molecule has 1 aliphatic rings. The van der Waals surface area contributed by atoms with E-state index in [1.54, 1.807) is 18.6 Å². The Kier molecular flexibility index (Phi) is 5.91. The van der Waals surface area contributed by atoms with Crippen LogP contribution in [0.4, 0.5) is 14.6 Å². The molecule has 2 atom stereocenters. The molecule has 1 amide bonds. The minimum absolute atomic E-state index is 0.0685. The maximum absolute atomic E-state index is 14.7. The van der Waals surface area contributed by atoms with E-state index < -0.39 is 11.6 Å². The molecular formula is C27H23F2N7O. The number of halogens is 2. The Morgan fingerprint density at radius 2 is 1.86 bits per heavy atom. The smallest absolute Gasteiger partial charge is 0.253 e. The maximum Gasteiger partial charge on any atom is 0.253 e. The Morgan fingerprint density at radius 1 is 1.00 bits per heavy atom. The Hall–Kier alpha value is -4.47. The number of hydrogen-bond acceptors (Lipinski definition) is 6. The van der Waals surface area contributed by atoms with Gasteiger partial charge in [0.1, 0.15) is 11.5 Å². The van der Waals surface area contributed by atoms with Crippen LogP contribution in [0.5, 0.6) is 0 Å². The molecule has 3 N–H and O–H groups in total. The molecule has 37 heavy (non-hydrogen) atoms. The van der Waals surface area contributed by atoms with Crippen LogP contribution in [0.1, 0.15) is 36.0 Å². The number of H-pyrrole nitrogens is 1. The van der Waals surface area contributed by atoms with Crippen molar-refractivity contribution < 1.29 is 13.6 Å². The van der Waals surface area contributed by atoms with Crippen molar-refractivity contribution in [1.29, 1.82) is 0 Å². The predicted octanol–water partition coefficient (Wildman–Crippen LogP) is 5.00. The third-order valence-electron chi connectivity index (χ3n) is 6.75. The standard InChI is InChI=1S/C27H23F2N7O/c28-16-8-20-21(13-32-24(20)31-11-16)25-33-14-23(29)26(36-25)34-17-5-3-6-18(9-17)35-27(37)22-12-30-10-15-4-1-2-7-19(15)22/h1-2,4,7-8,10-14,17-18H,3,5-6,9H2,(H,31,32)(H,35,37)(H,33,34,36)/t17-,18+/m1/s1. The van der Waals surface area contributed by atoms with Crippen LogP contribution in [0.15, 0.2) is 61.3 Å². The first-order valence-electron chi connectivity index (χ1n) is 12.1. The van der Waals surface area contributed by atoms with Gasteiger partial charge in [-0.2, -0.15) is 0 Å². The molecule has 0 spiro atoms. The van der Waals surface area contributed by atoms with E-state index in [9.17, 15) is 13.6 Å². The number of carbonyl (C=O) groups is 1. The van der Waals surface area contributed by atoms with Crippen LogP contribution in [0.2, 0.25) is 0 Å². The van der Waals surface area contributed by atoms with Crippen molar-refractivity contribution in [3.8, 4) is 11.4 Å². The van der Waals surface area contributed by atoms with Gasteiger partial charge in [0.05, 0.1) is 18.0 Å². The van der Waals surface area contributed by atoms with Gasteiger partial charge in [-0.3, -0.25) is 9.78 Å². The van der Waals surface area contributed by atoms with E-state index in [-0.39, 0.29) is 29.6 Å². The summed E-state index contributed by atoms with van der Waals surface area (Å²) in [4.78, 5) is 32.7. The number of hydrogen-bond donors (Lipinski definition) is 3. The second-order valence-electron chi connectivity index (χ2n) is 9.23. The van der Waals surface area contributed by atoms with Gasteiger partial charge in [-0.05, 0) is 37.1 Å². The average Bonchev–Trinajstić information content (AvgIpc) is 3.33. The monoisotopic (exact) mass is 499 g/mol. The Labute approximate surface area is 210 Å². The SMILES string of the molecule is O=C(N[C@H]1CCC[C@@H](Nc2nc(-c3c[nH]c4ncc(F)cc34)ncc2F)C1)c1cncc2ccccc12. The first kappa shape index (κ1) is 23.0. The molecule has 4 heterocycles. The van der Waals surface area contributed by atoms with Crippen molar-refractivity contribution >= 4 is 33.5 Å². The number of anilines is 1. The fourth-order valence-electron chi connectivity index (χ4n) is 4.97. The number of aromatic nitrogens is 5. The van der Waals surface area contributed by atoms with Gasteiger partial charge < -0.3 is 15.6 Å². The number of nitrogens with one attached hydrogen (secondary N) is 3. The highest BCUT2D eigenvalue weighted by Gasteiger charge is 2.26. The highest BCUT2D eigenvalue weighted by molar-refractivity contribution is 6.06. The summed E-state index contributed by atoms with van der Waals surface area (Å²) in [7, 11) is 0. The fraction of sp³-hybridized carbons (Fsp3) is 0.222. The number of aromatic amines is 1. The average molecular weight is 500 g/mol. The zero-order valence-corrected chi connectivity index (χ0v) is 19.7. The molecular weight excluding hydrogens is 476 g/mol. The van der Waals surface area contributed by atoms with Crippen molar-refractivity contribution in [2.75, 3.05) is 5.32 Å². The largest absolute Gasteiger partial charge is 0.365 e. The summed E-state index contributed by atoms with van der Waals surface area (Å²) in [6.45, 7) is 0. The van der Waals surface area contributed by atoms with Crippen molar-refractivity contribution in [1.82, 2.24) is 30.2 Å². The highest BCUT2D eigenvalue weighted by Crippen LogP contribution is 2.28. The third kappa shape index (κ3) is 4.57. The molecule has 1 aliphatic carbocycles. The number of rotatable bonds is 5. The molecule has 0 unspecified atom stereocenters. The Balaban J connectivity index is 1.18. The van der Waals surface area contributed by atoms with Crippen LogP contribution in [0, 0.1) is 11.6 Å². The predicted molar refractivity (Wildman–Crippen MR) is 136 cm³/mol. The van der Waals surface area contributed by atoms with Crippen molar-refractivity contribution in [2.45, 2.75) is 37.8 Å². The Morgan fingerprint density at radius 3 is 2.78 bits per heavy atom. The Bertz CT molecular complexity index is 1610. The van der Waals surface area contributed by atoms with E-state index in [1.165, 1.54) is 6.07 Å². The van der Waals surface area contributed by atoms with E-state index in [4.69, 9.17) is 0 Å². The van der Waals surface area contributed by atoms with Gasteiger partial charge >= 0.3 is 0 Å². The van der Waals surface area contributed by atoms with E-state index >= 15 is 0 Å². The molecule has 5 aromatic rings. The molecule has 1 saturated carbocycles. The van der Waals surface area contributed by atoms with E-state index in [1.807, 2.05) is 24.3 Å². The van der Waals surface area contributed by atoms with E-state index in [0.717, 1.165) is 42.4 Å². The zero-order chi connectivity index (χ0) is 25.4. The lowest BCUT2D eigenvalue weighted by Gasteiger charge is -2.30. The minimum atomic E-state index is -0.583. The number of benzene rings is 1. The van der Waals surface area contributed by atoms with Gasteiger partial charge in [-0.1, -0.05) is 24.3 Å². The number of nitrogens with zero attached hydrogens (tertiary/aromatic N) is 4. The normalized spacial score (nSPS) is 17.7. The lowest BCUT2D eigenvalue weighted by molar-refractivity contribution is 0.0927. The lowest BCUT2D eigenvalue weighted by atomic mass is 9.90. The third-order valence-corrected chi connectivity index (χ3v) is 6.75. The molecule has 0 radical (unpaired) electrons. The molecule has 1 fully saturated rings. The summed E-state index contributed by atoms with van der Waals surface area (Å²) in [5.41, 5.74) is 1.55. The minimum Gasteiger partial charge on any atom is -0.365 e. The van der Waals surface area contributed by atoms with Crippen LogP contribution < -0.4 is 10.6 Å². The van der Waals surface area contributed by atoms with Crippen LogP contribution >= 0.6 is 0 Å². The van der Waals surface area contributed by atoms with Crippen LogP contribution in [0.25, 0.3) is 33.2 Å². The molecule has 8 nitrogen and oxygen atoms in total. The van der Waals surface area contributed by atoms with Gasteiger partial charge in [0.25, 0.3) is 5.91 Å². The fourth-order valence-corrected chi connectivity index (χ4v) is 4.97. The van der Waals surface area contributed by atoms with Crippen molar-refractivity contribution in [3.63, 3.8) is 0 Å². The summed E-state index contributed by atoms with van der Waals surface area (Å²) < 4.78 is 28.4. The van der Waals surface area contributed by atoms with Gasteiger partial charge in [0.15, 0.2) is 17.5 Å². The second kappa shape index (κ2) is 9.53. The molecule has 4 aromatic heterocycles. The van der Waals surface area contributed by atoms with Crippen LogP contribution in [-0.2, 0) is 0 Å². The summed E-state index contributed by atoms with van der Waals surface area (Å²) in [6.07, 6.45) is 10.3. The molecule has 1 aromatic carbocycles. The molecule has 0 saturated heterocycles. The maximum atomic E-state index is 14.7. The number of pyridine rings is 2. The molecule has 6 rings (SSSR count). The molecule has 0 bridgehead atoms. The van der Waals surface area contributed by atoms with Gasteiger partial charge in [0.2, 0.25) is 0 Å². The quantitative estimate of drug-likeness (QED) is 0.314. The second-order valence-corrected chi connectivity index (χ2v) is 9.23. The lowest BCUT2D eigenvalue weighted by Crippen LogP contribution is -2.42. The topological polar surface area (TPSA) is 108 Å². The molecule has 186 valence electrons. The molecule has 0 aliphatic heterocycles. The van der Waals surface area contributed by atoms with Crippen LogP contribution in [-0.4, -0.2) is 42.9 Å². The number of fused-ring (bicyclic) bond motifs is 2. The molecule has 10 heteroatoms. The zero-order valence-electron chi connectivity index (χ0n) is 19.7. The van der Waals surface area contributed by atoms with E-state index in [0.29, 0.717) is 28.6 Å². The summed E-state index contributed by atoms with van der Waals surface area (Å²) >= 11 is 0. The summed E-state index contributed by atoms with van der Waals surface area (Å²) in [6, 6.07) is 8.81. The van der Waals surface area contributed by atoms with Crippen molar-refractivity contribution in [2.24, 2.45) is 0 Å². The van der Waals surface area contributed by atoms with Gasteiger partial charge in [-0.25, -0.2) is 23.7 Å². The summed E-state index contributed by atoms with van der Waals surface area (Å²) in [5.74, 6) is -0.916. The first-order valence-corrected chi connectivity index (χ1v) is 12.1. The van der Waals surface area contributed by atoms with Crippen molar-refractivity contribution in [3.05, 3.63) is 78.5 Å². The van der Waals surface area contributed by atoms with Gasteiger partial charge in [-0.15, -0.1) is 0 Å². The first-order chi connectivity index (χ1) is 18.0. The summed E-state index contributed by atoms with van der Waals surface area (Å²) in [5, 5.41) is 8.59. The van der Waals surface area contributed by atoms with Crippen LogP contribution in [0.3, 0.4) is 0 Å². The number of carbonyl (C=O) groups excluding carboxylic acids is 1.